The second-order valence-corrected chi connectivity index (χ2v) is 4.13. The van der Waals surface area contributed by atoms with Gasteiger partial charge in [-0.25, -0.2) is 13.8 Å². The maximum Gasteiger partial charge on any atom is 0.243 e. The Morgan fingerprint density at radius 1 is 1.47 bits per heavy atom. The Hall–Kier alpha value is -0.140. The van der Waals surface area contributed by atoms with Gasteiger partial charge in [-0.2, -0.15) is 0 Å². The molecule has 0 saturated heterocycles. The fraction of sp³-hybridized carbons (Fsp3) is 0.889. The lowest BCUT2D eigenvalue weighted by Crippen LogP contribution is -2.36. The highest BCUT2D eigenvalue weighted by atomic mass is 127. The van der Waals surface area contributed by atoms with Crippen molar-refractivity contribution < 1.29 is 8.78 Å². The molecule has 0 radical (unpaired) electrons. The third kappa shape index (κ3) is 3.15. The summed E-state index contributed by atoms with van der Waals surface area (Å²) in [6.07, 6.45) is 0.505. The molecular formula is C9H16F2IN3. The summed E-state index contributed by atoms with van der Waals surface area (Å²) in [5.74, 6) is -0.137. The van der Waals surface area contributed by atoms with Crippen molar-refractivity contribution in [2.24, 2.45) is 16.6 Å². The van der Waals surface area contributed by atoms with Crippen molar-refractivity contribution in [2.45, 2.75) is 37.8 Å². The van der Waals surface area contributed by atoms with Crippen LogP contribution in [0.1, 0.15) is 19.3 Å². The fourth-order valence-corrected chi connectivity index (χ4v) is 1.53. The van der Waals surface area contributed by atoms with E-state index in [9.17, 15) is 8.78 Å². The molecule has 0 amide bonds. The molecule has 0 aromatic rings. The molecule has 2 fully saturated rings. The predicted octanol–water partition coefficient (Wildman–Crippen LogP) is 1.67. The smallest absolute Gasteiger partial charge is 0.243 e. The second-order valence-electron chi connectivity index (χ2n) is 4.13. The van der Waals surface area contributed by atoms with Crippen LogP contribution in [0.3, 0.4) is 0 Å². The lowest BCUT2D eigenvalue weighted by atomic mass is 10.4. The first-order chi connectivity index (χ1) is 6.59. The quantitative estimate of drug-likeness (QED) is 0.486. The van der Waals surface area contributed by atoms with E-state index in [-0.39, 0.29) is 30.0 Å². The van der Waals surface area contributed by atoms with Gasteiger partial charge in [-0.1, -0.05) is 0 Å². The number of hydrogen-bond acceptors (Lipinski definition) is 1. The number of aliphatic imine (C=N–C) groups is 1. The molecule has 0 unspecified atom stereocenters. The van der Waals surface area contributed by atoms with Gasteiger partial charge in [-0.3, -0.25) is 0 Å². The Balaban J connectivity index is 0.00000112. The van der Waals surface area contributed by atoms with Crippen molar-refractivity contribution in [3.8, 4) is 0 Å². The van der Waals surface area contributed by atoms with Crippen LogP contribution in [0.25, 0.3) is 0 Å². The number of guanidine groups is 1. The van der Waals surface area contributed by atoms with E-state index >= 15 is 0 Å². The molecule has 88 valence electrons. The monoisotopic (exact) mass is 331 g/mol. The third-order valence-electron chi connectivity index (χ3n) is 2.88. The molecule has 2 N–H and O–H groups in total. The summed E-state index contributed by atoms with van der Waals surface area (Å²) in [7, 11) is 1.87. The molecule has 6 heteroatoms. The molecule has 2 rings (SSSR count). The SMILES string of the molecule is CN(C(N)=N[C@H]1C[C@@H]1C(F)F)C1CC1.I. The fourth-order valence-electron chi connectivity index (χ4n) is 1.53. The number of halogens is 3. The summed E-state index contributed by atoms with van der Waals surface area (Å²) >= 11 is 0. The number of rotatable bonds is 3. The standard InChI is InChI=1S/C9H15F2N3.HI/c1-14(5-2-3-5)9(12)13-7-4-6(7)8(10)11;/h5-8H,2-4H2,1H3,(H2,12,13);1H/t6-,7-;/m0./s1. The Bertz CT molecular complexity index is 256. The van der Waals surface area contributed by atoms with Crippen LogP contribution in [0.2, 0.25) is 0 Å². The number of hydrogen-bond donors (Lipinski definition) is 1. The minimum absolute atomic E-state index is 0. The molecule has 15 heavy (non-hydrogen) atoms. The van der Waals surface area contributed by atoms with Crippen molar-refractivity contribution in [1.29, 1.82) is 0 Å². The largest absolute Gasteiger partial charge is 0.370 e. The van der Waals surface area contributed by atoms with Crippen LogP contribution < -0.4 is 5.73 Å². The molecule has 0 heterocycles. The summed E-state index contributed by atoms with van der Waals surface area (Å²) in [5, 5.41) is 0. The first-order valence-electron chi connectivity index (χ1n) is 4.94. The minimum atomic E-state index is -2.25. The van der Waals surface area contributed by atoms with Crippen LogP contribution in [0, 0.1) is 5.92 Å². The van der Waals surface area contributed by atoms with Crippen LogP contribution >= 0.6 is 24.0 Å². The van der Waals surface area contributed by atoms with Crippen LogP contribution in [-0.2, 0) is 0 Å². The van der Waals surface area contributed by atoms with Gasteiger partial charge in [0.15, 0.2) is 5.96 Å². The lowest BCUT2D eigenvalue weighted by molar-refractivity contribution is 0.121. The summed E-state index contributed by atoms with van der Waals surface area (Å²) in [6, 6.07) is 0.249. The van der Waals surface area contributed by atoms with Gasteiger partial charge in [0, 0.05) is 19.0 Å². The Labute approximate surface area is 105 Å². The average Bonchev–Trinajstić information content (AvgIpc) is 2.97. The summed E-state index contributed by atoms with van der Waals surface area (Å²) in [4.78, 5) is 5.98. The van der Waals surface area contributed by atoms with E-state index < -0.39 is 12.3 Å². The number of alkyl halides is 2. The number of nitrogens with two attached hydrogens (primary N) is 1. The van der Waals surface area contributed by atoms with Crippen molar-refractivity contribution in [3.63, 3.8) is 0 Å². The van der Waals surface area contributed by atoms with Gasteiger partial charge in [0.1, 0.15) is 0 Å². The van der Waals surface area contributed by atoms with E-state index in [1.54, 1.807) is 0 Å². The van der Waals surface area contributed by atoms with Gasteiger partial charge in [0.2, 0.25) is 6.43 Å². The van der Waals surface area contributed by atoms with Gasteiger partial charge >= 0.3 is 0 Å². The highest BCUT2D eigenvalue weighted by Gasteiger charge is 2.44. The Kier molecular flexibility index (Phi) is 4.13. The van der Waals surface area contributed by atoms with Crippen molar-refractivity contribution in [2.75, 3.05) is 7.05 Å². The molecule has 0 aliphatic heterocycles. The molecule has 2 aliphatic rings. The highest BCUT2D eigenvalue weighted by molar-refractivity contribution is 14.0. The zero-order chi connectivity index (χ0) is 10.3. The molecule has 0 aromatic heterocycles. The molecule has 0 bridgehead atoms. The van der Waals surface area contributed by atoms with E-state index in [0.717, 1.165) is 12.8 Å². The second kappa shape index (κ2) is 4.80. The normalized spacial score (nSPS) is 30.0. The molecular weight excluding hydrogens is 315 g/mol. The number of nitrogens with zero attached hydrogens (tertiary/aromatic N) is 2. The van der Waals surface area contributed by atoms with Crippen molar-refractivity contribution in [3.05, 3.63) is 0 Å². The van der Waals surface area contributed by atoms with Crippen molar-refractivity contribution in [1.82, 2.24) is 4.90 Å². The van der Waals surface area contributed by atoms with E-state index in [2.05, 4.69) is 4.99 Å². The average molecular weight is 331 g/mol. The van der Waals surface area contributed by atoms with Gasteiger partial charge in [0.25, 0.3) is 0 Å². The summed E-state index contributed by atoms with van der Waals surface area (Å²) in [5.41, 5.74) is 5.69. The zero-order valence-corrected chi connectivity index (χ0v) is 10.9. The van der Waals surface area contributed by atoms with Gasteiger partial charge in [-0.15, -0.1) is 24.0 Å². The molecule has 2 aliphatic carbocycles. The first-order valence-corrected chi connectivity index (χ1v) is 4.94. The highest BCUT2D eigenvalue weighted by Crippen LogP contribution is 2.39. The summed E-state index contributed by atoms with van der Waals surface area (Å²) in [6.45, 7) is 0. The maximum absolute atomic E-state index is 12.2. The lowest BCUT2D eigenvalue weighted by Gasteiger charge is -2.16. The van der Waals surface area contributed by atoms with E-state index in [1.807, 2.05) is 11.9 Å². The van der Waals surface area contributed by atoms with Gasteiger partial charge in [-0.05, 0) is 19.3 Å². The molecule has 2 saturated carbocycles. The molecule has 3 nitrogen and oxygen atoms in total. The van der Waals surface area contributed by atoms with Crippen LogP contribution in [0.15, 0.2) is 4.99 Å². The van der Waals surface area contributed by atoms with Gasteiger partial charge < -0.3 is 10.6 Å². The third-order valence-corrected chi connectivity index (χ3v) is 2.88. The van der Waals surface area contributed by atoms with E-state index in [0.29, 0.717) is 18.4 Å². The van der Waals surface area contributed by atoms with Gasteiger partial charge in [0.05, 0.1) is 6.04 Å². The molecule has 0 aromatic carbocycles. The van der Waals surface area contributed by atoms with Crippen LogP contribution in [-0.4, -0.2) is 36.4 Å². The zero-order valence-electron chi connectivity index (χ0n) is 8.57. The van der Waals surface area contributed by atoms with Crippen LogP contribution in [0.5, 0.6) is 0 Å². The van der Waals surface area contributed by atoms with E-state index in [4.69, 9.17) is 5.73 Å². The molecule has 2 atom stereocenters. The topological polar surface area (TPSA) is 41.6 Å². The summed E-state index contributed by atoms with van der Waals surface area (Å²) < 4.78 is 24.3. The Morgan fingerprint density at radius 3 is 2.47 bits per heavy atom. The Morgan fingerprint density at radius 2 is 2.07 bits per heavy atom. The van der Waals surface area contributed by atoms with Crippen LogP contribution in [0.4, 0.5) is 8.78 Å². The minimum Gasteiger partial charge on any atom is -0.370 e. The maximum atomic E-state index is 12.2. The first kappa shape index (κ1) is 12.9. The predicted molar refractivity (Wildman–Crippen MR) is 65.7 cm³/mol. The van der Waals surface area contributed by atoms with E-state index in [1.165, 1.54) is 0 Å². The van der Waals surface area contributed by atoms with Crippen molar-refractivity contribution >= 4 is 29.9 Å². The molecule has 0 spiro atoms.